The van der Waals surface area contributed by atoms with Gasteiger partial charge >= 0.3 is 0 Å². The predicted octanol–water partition coefficient (Wildman–Crippen LogP) is 3.86. The van der Waals surface area contributed by atoms with Gasteiger partial charge in [0.05, 0.1) is 28.0 Å². The van der Waals surface area contributed by atoms with Crippen LogP contribution in [0.3, 0.4) is 0 Å². The van der Waals surface area contributed by atoms with Gasteiger partial charge in [-0.2, -0.15) is 0 Å². The lowest BCUT2D eigenvalue weighted by molar-refractivity contribution is 1.26. The van der Waals surface area contributed by atoms with Gasteiger partial charge in [-0.25, -0.2) is 4.98 Å². The fourth-order valence-electron chi connectivity index (χ4n) is 1.91. The van der Waals surface area contributed by atoms with E-state index in [1.165, 1.54) is 16.3 Å². The molecule has 2 aromatic carbocycles. The average molecular weight is 273 g/mol. The van der Waals surface area contributed by atoms with Gasteiger partial charge in [-0.15, -0.1) is 0 Å². The lowest BCUT2D eigenvalue weighted by Gasteiger charge is -2.05. The molecule has 0 fully saturated rings. The van der Waals surface area contributed by atoms with E-state index in [1.807, 2.05) is 9.79 Å². The standard InChI is InChI=1S/C13H9BrN2/c14-16-9-15-8-13(16)12-7-3-5-10-4-1-2-6-11(10)12/h1-9H. The average Bonchev–Trinajstić information content (AvgIpc) is 2.75. The van der Waals surface area contributed by atoms with Crippen molar-refractivity contribution in [3.05, 3.63) is 55.0 Å². The zero-order valence-corrected chi connectivity index (χ0v) is 10.1. The number of rotatable bonds is 1. The summed E-state index contributed by atoms with van der Waals surface area (Å²) in [6.45, 7) is 0. The minimum atomic E-state index is 1.07. The summed E-state index contributed by atoms with van der Waals surface area (Å²) in [5.41, 5.74) is 2.25. The maximum atomic E-state index is 4.12. The smallest absolute Gasteiger partial charge is 0.105 e. The topological polar surface area (TPSA) is 17.8 Å². The van der Waals surface area contributed by atoms with Crippen LogP contribution in [0.1, 0.15) is 0 Å². The zero-order chi connectivity index (χ0) is 11.0. The van der Waals surface area contributed by atoms with Gasteiger partial charge in [-0.1, -0.05) is 42.5 Å². The Labute approximate surface area is 102 Å². The first-order chi connectivity index (χ1) is 7.86. The molecule has 0 spiro atoms. The minimum absolute atomic E-state index is 1.07. The first-order valence-electron chi connectivity index (χ1n) is 5.03. The molecule has 0 saturated heterocycles. The number of nitrogens with zero attached hydrogens (tertiary/aromatic N) is 2. The third-order valence-corrected chi connectivity index (χ3v) is 3.23. The highest BCUT2D eigenvalue weighted by molar-refractivity contribution is 9.08. The first-order valence-corrected chi connectivity index (χ1v) is 5.74. The van der Waals surface area contributed by atoms with E-state index in [1.54, 1.807) is 6.33 Å². The molecule has 0 radical (unpaired) electrons. The predicted molar refractivity (Wildman–Crippen MR) is 69.5 cm³/mol. The van der Waals surface area contributed by atoms with E-state index in [9.17, 15) is 0 Å². The Morgan fingerprint density at radius 2 is 1.81 bits per heavy atom. The molecule has 16 heavy (non-hydrogen) atoms. The second-order valence-corrected chi connectivity index (χ2v) is 4.38. The van der Waals surface area contributed by atoms with Crippen molar-refractivity contribution in [2.75, 3.05) is 0 Å². The molecule has 0 aliphatic carbocycles. The molecule has 0 atom stereocenters. The van der Waals surface area contributed by atoms with Gasteiger partial charge in [-0.3, -0.25) is 3.59 Å². The molecule has 1 heterocycles. The highest BCUT2D eigenvalue weighted by atomic mass is 79.9. The molecule has 0 N–H and O–H groups in total. The minimum Gasteiger partial charge on any atom is -0.265 e. The number of fused-ring (bicyclic) bond motifs is 1. The van der Waals surface area contributed by atoms with Crippen molar-refractivity contribution in [2.45, 2.75) is 0 Å². The summed E-state index contributed by atoms with van der Waals surface area (Å²) >= 11 is 3.44. The van der Waals surface area contributed by atoms with E-state index < -0.39 is 0 Å². The molecule has 3 heteroatoms. The quantitative estimate of drug-likeness (QED) is 0.658. The Morgan fingerprint density at radius 3 is 2.62 bits per heavy atom. The van der Waals surface area contributed by atoms with Crippen LogP contribution in [0.5, 0.6) is 0 Å². The summed E-state index contributed by atoms with van der Waals surface area (Å²) in [4.78, 5) is 4.12. The van der Waals surface area contributed by atoms with Gasteiger partial charge in [0.15, 0.2) is 0 Å². The molecule has 0 bridgehead atoms. The summed E-state index contributed by atoms with van der Waals surface area (Å²) in [6, 6.07) is 14.7. The number of benzene rings is 2. The van der Waals surface area contributed by atoms with E-state index in [2.05, 4.69) is 63.6 Å². The molecule has 0 aliphatic heterocycles. The molecule has 3 rings (SSSR count). The summed E-state index contributed by atoms with van der Waals surface area (Å²) in [5, 5.41) is 2.49. The van der Waals surface area contributed by atoms with Crippen LogP contribution in [0, 0.1) is 0 Å². The van der Waals surface area contributed by atoms with Gasteiger partial charge in [-0.05, 0) is 10.8 Å². The zero-order valence-electron chi connectivity index (χ0n) is 8.47. The molecule has 3 aromatic rings. The molecule has 0 unspecified atom stereocenters. The fraction of sp³-hybridized carbons (Fsp3) is 0. The second kappa shape index (κ2) is 3.76. The molecule has 2 nitrogen and oxygen atoms in total. The van der Waals surface area contributed by atoms with Gasteiger partial charge in [0.2, 0.25) is 0 Å². The van der Waals surface area contributed by atoms with E-state index in [0.29, 0.717) is 0 Å². The number of aromatic nitrogens is 2. The summed E-state index contributed by atoms with van der Waals surface area (Å²) in [6.07, 6.45) is 3.60. The molecular formula is C13H9BrN2. The maximum absolute atomic E-state index is 4.12. The van der Waals surface area contributed by atoms with E-state index in [0.717, 1.165) is 5.69 Å². The van der Waals surface area contributed by atoms with Gasteiger partial charge < -0.3 is 0 Å². The van der Waals surface area contributed by atoms with Gasteiger partial charge in [0, 0.05) is 5.56 Å². The second-order valence-electron chi connectivity index (χ2n) is 3.62. The molecule has 0 aliphatic rings. The van der Waals surface area contributed by atoms with Crippen molar-refractivity contribution in [1.29, 1.82) is 0 Å². The fourth-order valence-corrected chi connectivity index (χ4v) is 2.30. The third kappa shape index (κ3) is 1.44. The van der Waals surface area contributed by atoms with Gasteiger partial charge in [0.1, 0.15) is 6.33 Å². The number of imidazole rings is 1. The van der Waals surface area contributed by atoms with Crippen LogP contribution in [-0.2, 0) is 0 Å². The Balaban J connectivity index is 2.36. The van der Waals surface area contributed by atoms with E-state index >= 15 is 0 Å². The highest BCUT2D eigenvalue weighted by Crippen LogP contribution is 2.28. The van der Waals surface area contributed by atoms with Crippen molar-refractivity contribution in [1.82, 2.24) is 8.58 Å². The Morgan fingerprint density at radius 1 is 1.00 bits per heavy atom. The number of halogens is 1. The summed E-state index contributed by atoms with van der Waals surface area (Å²) in [5.74, 6) is 0. The van der Waals surface area contributed by atoms with Crippen LogP contribution in [0.2, 0.25) is 0 Å². The Bertz CT molecular complexity index is 638. The van der Waals surface area contributed by atoms with Crippen LogP contribution >= 0.6 is 16.1 Å². The van der Waals surface area contributed by atoms with Crippen LogP contribution in [0.25, 0.3) is 22.0 Å². The molecule has 0 saturated carbocycles. The molecule has 0 amide bonds. The maximum Gasteiger partial charge on any atom is 0.105 e. The van der Waals surface area contributed by atoms with Crippen molar-refractivity contribution in [3.63, 3.8) is 0 Å². The largest absolute Gasteiger partial charge is 0.265 e. The normalized spacial score (nSPS) is 10.8. The number of hydrogen-bond acceptors (Lipinski definition) is 1. The highest BCUT2D eigenvalue weighted by Gasteiger charge is 2.06. The van der Waals surface area contributed by atoms with Crippen LogP contribution in [0.15, 0.2) is 55.0 Å². The van der Waals surface area contributed by atoms with Crippen molar-refractivity contribution in [2.24, 2.45) is 0 Å². The molecule has 1 aromatic heterocycles. The Kier molecular flexibility index (Phi) is 2.26. The summed E-state index contributed by atoms with van der Waals surface area (Å²) < 4.78 is 1.86. The third-order valence-electron chi connectivity index (χ3n) is 2.66. The van der Waals surface area contributed by atoms with Crippen molar-refractivity contribution >= 4 is 26.9 Å². The monoisotopic (exact) mass is 272 g/mol. The van der Waals surface area contributed by atoms with Gasteiger partial charge in [0.25, 0.3) is 0 Å². The lowest BCUT2D eigenvalue weighted by Crippen LogP contribution is -1.84. The van der Waals surface area contributed by atoms with Crippen molar-refractivity contribution in [3.8, 4) is 11.3 Å². The van der Waals surface area contributed by atoms with Crippen LogP contribution in [0.4, 0.5) is 0 Å². The summed E-state index contributed by atoms with van der Waals surface area (Å²) in [7, 11) is 0. The number of hydrogen-bond donors (Lipinski definition) is 0. The Hall–Kier alpha value is -1.61. The van der Waals surface area contributed by atoms with E-state index in [-0.39, 0.29) is 0 Å². The molecular weight excluding hydrogens is 264 g/mol. The SMILES string of the molecule is Brn1cncc1-c1cccc2ccccc12. The van der Waals surface area contributed by atoms with E-state index in [4.69, 9.17) is 0 Å². The van der Waals surface area contributed by atoms with Crippen LogP contribution < -0.4 is 0 Å². The molecule has 78 valence electrons. The lowest BCUT2D eigenvalue weighted by atomic mass is 10.0. The van der Waals surface area contributed by atoms with Crippen LogP contribution in [-0.4, -0.2) is 8.58 Å². The van der Waals surface area contributed by atoms with Crippen molar-refractivity contribution < 1.29 is 0 Å². The first kappa shape index (κ1) is 9.60.